The van der Waals surface area contributed by atoms with E-state index in [1.54, 1.807) is 43.3 Å². The van der Waals surface area contributed by atoms with Gasteiger partial charge in [0, 0.05) is 19.5 Å². The Kier molecular flexibility index (Phi) is 8.25. The number of hydrogen-bond donors (Lipinski definition) is 3. The highest BCUT2D eigenvalue weighted by Gasteiger charge is 2.96. The molecule has 4 aromatic rings. The number of ether oxygens (including phenoxy) is 2. The molecule has 17 heteroatoms. The van der Waals surface area contributed by atoms with Crippen LogP contribution in [0.5, 0.6) is 5.75 Å². The van der Waals surface area contributed by atoms with E-state index in [-0.39, 0.29) is 34.9 Å². The van der Waals surface area contributed by atoms with Crippen LogP contribution in [-0.2, 0) is 30.6 Å². The number of alkyl halides is 2. The van der Waals surface area contributed by atoms with Gasteiger partial charge in [0.25, 0.3) is 5.85 Å². The van der Waals surface area contributed by atoms with Gasteiger partial charge in [-0.1, -0.05) is 57.2 Å². The van der Waals surface area contributed by atoms with Crippen molar-refractivity contribution >= 4 is 58.1 Å². The molecule has 2 fully saturated rings. The van der Waals surface area contributed by atoms with Crippen molar-refractivity contribution in [2.75, 3.05) is 31.3 Å². The second-order valence-electron chi connectivity index (χ2n) is 13.7. The summed E-state index contributed by atoms with van der Waals surface area (Å²) in [7, 11) is 3.43. The smallest absolute Gasteiger partial charge is 0.323 e. The quantitative estimate of drug-likeness (QED) is 0.156. The lowest BCUT2D eigenvalue weighted by Crippen LogP contribution is -2.45. The highest BCUT2D eigenvalue weighted by molar-refractivity contribution is 8.09. The minimum atomic E-state index is -3.98. The summed E-state index contributed by atoms with van der Waals surface area (Å²) < 4.78 is 58.0. The average molecular weight is 706 g/mol. The topological polar surface area (TPSA) is 159 Å². The molecule has 0 spiro atoms. The molecule has 3 heterocycles. The van der Waals surface area contributed by atoms with Crippen LogP contribution in [0.15, 0.2) is 48.8 Å². The Labute approximate surface area is 280 Å². The molecule has 2 aliphatic rings. The molecule has 2 aromatic carbocycles. The number of fused-ring (bicyclic) bond motifs is 3. The lowest BCUT2D eigenvalue weighted by molar-refractivity contribution is -0.155. The van der Waals surface area contributed by atoms with Gasteiger partial charge in [-0.05, 0) is 42.5 Å². The van der Waals surface area contributed by atoms with Gasteiger partial charge in [-0.2, -0.15) is 9.97 Å². The molecule has 1 saturated heterocycles. The fourth-order valence-electron chi connectivity index (χ4n) is 5.76. The van der Waals surface area contributed by atoms with Gasteiger partial charge in [0.15, 0.2) is 40.6 Å². The molecule has 0 radical (unpaired) electrons. The first kappa shape index (κ1) is 34.3. The molecule has 258 valence electrons. The Bertz CT molecular complexity index is 1950. The van der Waals surface area contributed by atoms with Gasteiger partial charge >= 0.3 is 12.6 Å². The standard InChI is InChI=1S/C31H38F2N7O6PS/c1-17(24(41)43-15-28(2,3)4)38-47(48,45-20-14-10-12-18-11-8-9-13-19(18)20)46-25-30(42)29(5,32)26(44-31(25,30)33)40-16-35-21-22(39(6)7)36-27(34)37-23(21)40/h8-14,16-17,25-26,42H,15H2,1-7H3,(H,38,48)(H2,34,36,37)/t17-,25?,26+,29-,30-,31+,47+/m0/s1. The van der Waals surface area contributed by atoms with Crippen molar-refractivity contribution in [1.29, 1.82) is 0 Å². The number of nitrogens with zero attached hydrogens (tertiary/aromatic N) is 5. The number of nitrogen functional groups attached to an aromatic ring is 1. The van der Waals surface area contributed by atoms with E-state index in [1.807, 2.05) is 39.0 Å². The summed E-state index contributed by atoms with van der Waals surface area (Å²) in [5, 5.41) is 16.0. The minimum Gasteiger partial charge on any atom is -0.464 e. The summed E-state index contributed by atoms with van der Waals surface area (Å²) in [6.07, 6.45) is -2.48. The number of rotatable bonds is 10. The van der Waals surface area contributed by atoms with Crippen molar-refractivity contribution in [3.05, 3.63) is 48.8 Å². The van der Waals surface area contributed by atoms with Crippen LogP contribution in [0.4, 0.5) is 20.5 Å². The summed E-state index contributed by atoms with van der Waals surface area (Å²) in [4.78, 5) is 27.2. The highest BCUT2D eigenvalue weighted by atomic mass is 32.5. The first-order valence-electron chi connectivity index (χ1n) is 15.2. The molecule has 13 nitrogen and oxygen atoms in total. The third-order valence-corrected chi connectivity index (χ3v) is 10.7. The maximum absolute atomic E-state index is 16.9. The molecular weight excluding hydrogens is 667 g/mol. The predicted octanol–water partition coefficient (Wildman–Crippen LogP) is 4.55. The van der Waals surface area contributed by atoms with E-state index >= 15 is 8.78 Å². The van der Waals surface area contributed by atoms with E-state index in [2.05, 4.69) is 20.0 Å². The van der Waals surface area contributed by atoms with E-state index < -0.39 is 48.1 Å². The number of carbonyl (C=O) groups is 1. The van der Waals surface area contributed by atoms with E-state index in [1.165, 1.54) is 13.3 Å². The van der Waals surface area contributed by atoms with Crippen molar-refractivity contribution in [3.63, 3.8) is 0 Å². The van der Waals surface area contributed by atoms with Crippen LogP contribution in [0, 0.1) is 5.41 Å². The Morgan fingerprint density at radius 2 is 1.92 bits per heavy atom. The number of hydrogen-bond acceptors (Lipinski definition) is 12. The summed E-state index contributed by atoms with van der Waals surface area (Å²) in [5.74, 6) is -3.25. The maximum Gasteiger partial charge on any atom is 0.323 e. The summed E-state index contributed by atoms with van der Waals surface area (Å²) >= 11 is 5.84. The number of nitrogens with one attached hydrogen (secondary N) is 1. The fraction of sp³-hybridized carbons (Fsp3) is 0.484. The molecule has 6 rings (SSSR count). The summed E-state index contributed by atoms with van der Waals surface area (Å²) in [5.41, 5.74) is 0.246. The number of nitrogens with two attached hydrogens (primary N) is 1. The Morgan fingerprint density at radius 1 is 1.23 bits per heavy atom. The normalized spacial score (nSPS) is 28.5. The van der Waals surface area contributed by atoms with Gasteiger partial charge < -0.3 is 29.7 Å². The van der Waals surface area contributed by atoms with Crippen molar-refractivity contribution in [2.45, 2.75) is 70.1 Å². The molecule has 0 bridgehead atoms. The van der Waals surface area contributed by atoms with Gasteiger partial charge in [0.1, 0.15) is 11.8 Å². The number of carbonyl (C=O) groups excluding carboxylic acids is 1. The summed E-state index contributed by atoms with van der Waals surface area (Å²) in [6.45, 7) is 4.32. The Morgan fingerprint density at radius 3 is 2.56 bits per heavy atom. The lowest BCUT2D eigenvalue weighted by Gasteiger charge is -2.32. The number of aliphatic hydroxyl groups is 1. The summed E-state index contributed by atoms with van der Waals surface area (Å²) in [6, 6.07) is 11.4. The van der Waals surface area contributed by atoms with E-state index in [0.29, 0.717) is 11.2 Å². The first-order chi connectivity index (χ1) is 22.3. The highest BCUT2D eigenvalue weighted by Crippen LogP contribution is 2.73. The number of halogens is 2. The zero-order chi connectivity index (χ0) is 35.0. The minimum absolute atomic E-state index is 0.0692. The number of benzene rings is 2. The Balaban J connectivity index is 1.32. The van der Waals surface area contributed by atoms with Crippen LogP contribution in [-0.4, -0.2) is 80.6 Å². The van der Waals surface area contributed by atoms with Crippen molar-refractivity contribution in [1.82, 2.24) is 24.6 Å². The zero-order valence-corrected chi connectivity index (χ0v) is 29.2. The van der Waals surface area contributed by atoms with E-state index in [9.17, 15) is 9.90 Å². The molecule has 1 unspecified atom stereocenters. The van der Waals surface area contributed by atoms with Gasteiger partial charge in [-0.15, -0.1) is 0 Å². The van der Waals surface area contributed by atoms with Gasteiger partial charge in [0.05, 0.1) is 12.9 Å². The molecule has 4 N–H and O–H groups in total. The van der Waals surface area contributed by atoms with Crippen molar-refractivity contribution in [2.24, 2.45) is 5.41 Å². The van der Waals surface area contributed by atoms with Crippen LogP contribution >= 0.6 is 6.64 Å². The third-order valence-electron chi connectivity index (χ3n) is 8.31. The van der Waals surface area contributed by atoms with E-state index in [4.69, 9.17) is 36.1 Å². The monoisotopic (exact) mass is 705 g/mol. The first-order valence-corrected chi connectivity index (χ1v) is 17.8. The van der Waals surface area contributed by atoms with E-state index in [0.717, 1.165) is 16.9 Å². The molecule has 1 aliphatic carbocycles. The molecule has 1 saturated carbocycles. The second-order valence-corrected chi connectivity index (χ2v) is 16.7. The average Bonchev–Trinajstić information content (AvgIpc) is 3.23. The molecule has 1 aliphatic heterocycles. The predicted molar refractivity (Wildman–Crippen MR) is 179 cm³/mol. The van der Waals surface area contributed by atoms with Crippen LogP contribution in [0.2, 0.25) is 0 Å². The number of imidazole rings is 1. The largest absolute Gasteiger partial charge is 0.464 e. The third kappa shape index (κ3) is 5.57. The van der Waals surface area contributed by atoms with Crippen LogP contribution in [0.25, 0.3) is 21.9 Å². The van der Waals surface area contributed by atoms with Gasteiger partial charge in [-0.25, -0.2) is 18.9 Å². The maximum atomic E-state index is 16.9. The number of aromatic nitrogens is 4. The number of anilines is 2. The Hall–Kier alpha value is -3.53. The van der Waals surface area contributed by atoms with Gasteiger partial charge in [-0.3, -0.25) is 13.9 Å². The van der Waals surface area contributed by atoms with Crippen molar-refractivity contribution in [3.8, 4) is 5.75 Å². The van der Waals surface area contributed by atoms with Gasteiger partial charge in [0.2, 0.25) is 5.95 Å². The molecule has 7 atom stereocenters. The number of esters is 1. The molecule has 48 heavy (non-hydrogen) atoms. The SMILES string of the molecule is C[C@H](N[P@@](=S)(Oc1cccc2ccccc12)OC1[C@]2(O)[C@@](C)(F)[C@H](n3cnc4c(N(C)C)nc(N)nc43)O[C@]12F)C(=O)OCC(C)(C)C. The van der Waals surface area contributed by atoms with Crippen molar-refractivity contribution < 1.29 is 37.2 Å². The van der Waals surface area contributed by atoms with Crippen LogP contribution in [0.3, 0.4) is 0 Å². The zero-order valence-electron chi connectivity index (χ0n) is 27.5. The lowest BCUT2D eigenvalue weighted by atomic mass is 9.97. The second kappa shape index (κ2) is 11.5. The fourth-order valence-corrected chi connectivity index (χ4v) is 8.45. The van der Waals surface area contributed by atoms with Crippen LogP contribution in [0.1, 0.15) is 40.8 Å². The van der Waals surface area contributed by atoms with Crippen LogP contribution < -0.4 is 20.2 Å². The molecular formula is C31H38F2N7O6PS. The molecule has 2 aromatic heterocycles. The molecule has 0 amide bonds.